The second kappa shape index (κ2) is 15.3. The summed E-state index contributed by atoms with van der Waals surface area (Å²) in [6, 6.07) is 18.5. The van der Waals surface area contributed by atoms with E-state index in [4.69, 9.17) is 9.97 Å². The summed E-state index contributed by atoms with van der Waals surface area (Å²) in [5, 5.41) is 4.29. The number of anilines is 4. The number of aromatic nitrogens is 3. The Bertz CT molecular complexity index is 2140. The smallest absolute Gasteiger partial charge is 0.267 e. The predicted octanol–water partition coefficient (Wildman–Crippen LogP) is 8.98. The number of nitrogens with one attached hydrogen (secondary N) is 2. The Hall–Kier alpha value is -4.46. The van der Waals surface area contributed by atoms with Crippen molar-refractivity contribution in [1.29, 1.82) is 0 Å². The standard InChI is InChI=1S/C39H43F2N7O2S2/c1-25(2)38-45-35(27-9-7-10-28(24-27)46-52(49,50)37-31(40)11-8-12-32(37)41)36(51-38)34-15-18-42-39(44-34)43-33-14-13-30(23-26(33)3)48-21-16-29(17-22-48)47-19-5-4-6-20-47/h7-15,18,23-25,29,46H,4-6,16-17,19-22H2,1-3H3,(H,42,43,44). The van der Waals surface area contributed by atoms with E-state index >= 15 is 0 Å². The topological polar surface area (TPSA) is 103 Å². The average molecular weight is 744 g/mol. The molecule has 9 nitrogen and oxygen atoms in total. The van der Waals surface area contributed by atoms with Crippen LogP contribution in [0.25, 0.3) is 21.8 Å². The number of rotatable bonds is 10. The van der Waals surface area contributed by atoms with Gasteiger partial charge in [0.25, 0.3) is 10.0 Å². The van der Waals surface area contributed by atoms with E-state index in [0.717, 1.165) is 52.4 Å². The third-order valence-corrected chi connectivity index (χ3v) is 12.6. The van der Waals surface area contributed by atoms with Crippen LogP contribution in [-0.4, -0.2) is 60.5 Å². The number of hydrogen-bond donors (Lipinski definition) is 2. The lowest BCUT2D eigenvalue weighted by atomic mass is 9.99. The summed E-state index contributed by atoms with van der Waals surface area (Å²) < 4.78 is 57.1. The first-order valence-corrected chi connectivity index (χ1v) is 20.1. The molecule has 7 rings (SSSR count). The van der Waals surface area contributed by atoms with Crippen molar-refractivity contribution in [3.63, 3.8) is 0 Å². The Balaban J connectivity index is 1.10. The molecule has 2 saturated heterocycles. The number of thiazole rings is 1. The number of likely N-dealkylation sites (tertiary alicyclic amines) is 1. The number of halogens is 2. The van der Waals surface area contributed by atoms with Crippen molar-refractivity contribution in [2.45, 2.75) is 69.7 Å². The van der Waals surface area contributed by atoms with Crippen molar-refractivity contribution in [2.24, 2.45) is 0 Å². The maximum atomic E-state index is 14.4. The first-order valence-electron chi connectivity index (χ1n) is 17.8. The molecule has 272 valence electrons. The molecular weight excluding hydrogens is 701 g/mol. The molecule has 2 aromatic heterocycles. The molecule has 2 fully saturated rings. The highest BCUT2D eigenvalue weighted by molar-refractivity contribution is 7.92. The quantitative estimate of drug-likeness (QED) is 0.146. The molecule has 13 heteroatoms. The fourth-order valence-corrected chi connectivity index (χ4v) is 9.30. The van der Waals surface area contributed by atoms with Crippen LogP contribution in [0.4, 0.5) is 31.8 Å². The van der Waals surface area contributed by atoms with Gasteiger partial charge in [-0.2, -0.15) is 0 Å². The van der Waals surface area contributed by atoms with Crippen LogP contribution in [-0.2, 0) is 10.0 Å². The van der Waals surface area contributed by atoms with Crippen molar-refractivity contribution < 1.29 is 17.2 Å². The third-order valence-electron chi connectivity index (χ3n) is 9.79. The van der Waals surface area contributed by atoms with Gasteiger partial charge in [0.1, 0.15) is 11.6 Å². The average Bonchev–Trinajstić information content (AvgIpc) is 3.59. The number of nitrogens with zero attached hydrogens (tertiary/aromatic N) is 5. The monoisotopic (exact) mass is 743 g/mol. The molecule has 2 aliphatic rings. The van der Waals surface area contributed by atoms with Crippen molar-refractivity contribution in [3.8, 4) is 21.8 Å². The third kappa shape index (κ3) is 7.81. The van der Waals surface area contributed by atoms with Gasteiger partial charge < -0.3 is 15.1 Å². The van der Waals surface area contributed by atoms with E-state index in [1.165, 1.54) is 68.3 Å². The van der Waals surface area contributed by atoms with E-state index in [9.17, 15) is 17.2 Å². The molecule has 4 heterocycles. The van der Waals surface area contributed by atoms with Crippen LogP contribution < -0.4 is 14.9 Å². The molecule has 52 heavy (non-hydrogen) atoms. The van der Waals surface area contributed by atoms with Gasteiger partial charge in [0, 0.05) is 53.9 Å². The van der Waals surface area contributed by atoms with Crippen LogP contribution in [0, 0.1) is 18.6 Å². The lowest BCUT2D eigenvalue weighted by Crippen LogP contribution is -2.46. The zero-order valence-corrected chi connectivity index (χ0v) is 31.2. The summed E-state index contributed by atoms with van der Waals surface area (Å²) in [5.41, 5.74) is 5.27. The van der Waals surface area contributed by atoms with E-state index in [1.807, 2.05) is 12.1 Å². The molecule has 2 N–H and O–H groups in total. The zero-order chi connectivity index (χ0) is 36.4. The predicted molar refractivity (Wildman–Crippen MR) is 205 cm³/mol. The first kappa shape index (κ1) is 35.9. The Morgan fingerprint density at radius 2 is 1.62 bits per heavy atom. The SMILES string of the molecule is Cc1cc(N2CCC(N3CCCCC3)CC2)ccc1Nc1nccc(-c2sc(C(C)C)nc2-c2cccc(NS(=O)(=O)c3c(F)cccc3F)c2)n1. The molecule has 0 amide bonds. The van der Waals surface area contributed by atoms with E-state index < -0.39 is 26.6 Å². The largest absolute Gasteiger partial charge is 0.371 e. The number of benzene rings is 3. The minimum atomic E-state index is -4.55. The number of aryl methyl sites for hydroxylation is 1. The summed E-state index contributed by atoms with van der Waals surface area (Å²) in [6.45, 7) is 10.8. The van der Waals surface area contributed by atoms with Gasteiger partial charge in [0.2, 0.25) is 5.95 Å². The van der Waals surface area contributed by atoms with Gasteiger partial charge >= 0.3 is 0 Å². The summed E-state index contributed by atoms with van der Waals surface area (Å²) in [4.78, 5) is 19.3. The lowest BCUT2D eigenvalue weighted by molar-refractivity contribution is 0.141. The second-order valence-electron chi connectivity index (χ2n) is 13.8. The van der Waals surface area contributed by atoms with Gasteiger partial charge in [-0.3, -0.25) is 4.72 Å². The Morgan fingerprint density at radius 3 is 2.33 bits per heavy atom. The zero-order valence-electron chi connectivity index (χ0n) is 29.6. The molecule has 0 saturated carbocycles. The highest BCUT2D eigenvalue weighted by atomic mass is 32.2. The summed E-state index contributed by atoms with van der Waals surface area (Å²) >= 11 is 1.50. The molecule has 5 aromatic rings. The molecule has 3 aromatic carbocycles. The number of piperidine rings is 2. The molecule has 0 spiro atoms. The summed E-state index contributed by atoms with van der Waals surface area (Å²) in [5.74, 6) is -1.78. The lowest BCUT2D eigenvalue weighted by Gasteiger charge is -2.41. The van der Waals surface area contributed by atoms with Crippen LogP contribution >= 0.6 is 11.3 Å². The van der Waals surface area contributed by atoms with Crippen LogP contribution in [0.1, 0.15) is 62.4 Å². The van der Waals surface area contributed by atoms with E-state index in [0.29, 0.717) is 28.9 Å². The molecule has 2 aliphatic heterocycles. The fourth-order valence-electron chi connectivity index (χ4n) is 7.05. The number of sulfonamides is 1. The highest BCUT2D eigenvalue weighted by Gasteiger charge is 2.27. The molecule has 0 aliphatic carbocycles. The molecule has 0 radical (unpaired) electrons. The molecule has 0 unspecified atom stereocenters. The van der Waals surface area contributed by atoms with Gasteiger partial charge in [-0.05, 0) is 99.8 Å². The fraction of sp³-hybridized carbons (Fsp3) is 0.359. The maximum absolute atomic E-state index is 14.4. The second-order valence-corrected chi connectivity index (χ2v) is 16.5. The van der Waals surface area contributed by atoms with E-state index in [1.54, 1.807) is 18.3 Å². The van der Waals surface area contributed by atoms with E-state index in [-0.39, 0.29) is 11.6 Å². The van der Waals surface area contributed by atoms with Crippen molar-refractivity contribution in [1.82, 2.24) is 19.9 Å². The first-order chi connectivity index (χ1) is 25.1. The van der Waals surface area contributed by atoms with Gasteiger partial charge in [0.15, 0.2) is 4.90 Å². The van der Waals surface area contributed by atoms with Crippen molar-refractivity contribution in [2.75, 3.05) is 41.1 Å². The molecule has 0 bridgehead atoms. The summed E-state index contributed by atoms with van der Waals surface area (Å²) in [7, 11) is -4.55. The van der Waals surface area contributed by atoms with E-state index in [2.05, 4.69) is 63.8 Å². The minimum absolute atomic E-state index is 0.124. The number of hydrogen-bond acceptors (Lipinski definition) is 9. The van der Waals surface area contributed by atoms with Gasteiger partial charge in [-0.1, -0.05) is 38.5 Å². The Labute approximate surface area is 308 Å². The van der Waals surface area contributed by atoms with Gasteiger partial charge in [0.05, 0.1) is 21.3 Å². The van der Waals surface area contributed by atoms with Crippen LogP contribution in [0.3, 0.4) is 0 Å². The van der Waals surface area contributed by atoms with Crippen LogP contribution in [0.15, 0.2) is 77.8 Å². The highest BCUT2D eigenvalue weighted by Crippen LogP contribution is 2.40. The Kier molecular flexibility index (Phi) is 10.5. The van der Waals surface area contributed by atoms with Crippen molar-refractivity contribution >= 4 is 44.4 Å². The van der Waals surface area contributed by atoms with Crippen LogP contribution in [0.2, 0.25) is 0 Å². The van der Waals surface area contributed by atoms with Gasteiger partial charge in [-0.25, -0.2) is 32.2 Å². The normalized spacial score (nSPS) is 16.0. The van der Waals surface area contributed by atoms with Crippen LogP contribution in [0.5, 0.6) is 0 Å². The maximum Gasteiger partial charge on any atom is 0.267 e. The minimum Gasteiger partial charge on any atom is -0.371 e. The Morgan fingerprint density at radius 1 is 0.885 bits per heavy atom. The molecule has 0 atom stereocenters. The molecular formula is C39H43F2N7O2S2. The van der Waals surface area contributed by atoms with Crippen molar-refractivity contribution in [3.05, 3.63) is 95.1 Å². The summed E-state index contributed by atoms with van der Waals surface area (Å²) in [6.07, 6.45) is 8.12. The van der Waals surface area contributed by atoms with Gasteiger partial charge in [-0.15, -0.1) is 11.3 Å².